The molecule has 0 atom stereocenters. The zero-order valence-electron chi connectivity index (χ0n) is 11.2. The van der Waals surface area contributed by atoms with Gasteiger partial charge in [-0.25, -0.2) is 9.97 Å². The summed E-state index contributed by atoms with van der Waals surface area (Å²) >= 11 is 3.34. The predicted molar refractivity (Wildman–Crippen MR) is 79.3 cm³/mol. The number of methoxy groups -OCH3 is 2. The number of nitrogens with two attached hydrogens (primary N) is 1. The third-order valence-corrected chi connectivity index (χ3v) is 3.48. The van der Waals surface area contributed by atoms with E-state index in [2.05, 4.69) is 25.9 Å². The Morgan fingerprint density at radius 3 is 2.62 bits per heavy atom. The molecule has 0 spiro atoms. The number of benzene rings is 1. The fourth-order valence-corrected chi connectivity index (χ4v) is 2.47. The topological polar surface area (TPSA) is 113 Å². The molecule has 2 rings (SSSR count). The summed E-state index contributed by atoms with van der Waals surface area (Å²) < 4.78 is 11.0. The lowest BCUT2D eigenvalue weighted by molar-refractivity contribution is -0.384. The highest BCUT2D eigenvalue weighted by Crippen LogP contribution is 2.43. The fraction of sp³-hybridized carbons (Fsp3) is 0.167. The Morgan fingerprint density at radius 2 is 2.05 bits per heavy atom. The first-order valence-corrected chi connectivity index (χ1v) is 6.46. The lowest BCUT2D eigenvalue weighted by atomic mass is 10.1. The van der Waals surface area contributed by atoms with E-state index in [-0.39, 0.29) is 17.3 Å². The van der Waals surface area contributed by atoms with Crippen LogP contribution in [0.5, 0.6) is 11.5 Å². The van der Waals surface area contributed by atoms with Gasteiger partial charge in [0.15, 0.2) is 5.69 Å². The fourth-order valence-electron chi connectivity index (χ4n) is 1.80. The molecule has 0 fully saturated rings. The second kappa shape index (κ2) is 5.92. The summed E-state index contributed by atoms with van der Waals surface area (Å²) in [5, 5.41) is 11.1. The summed E-state index contributed by atoms with van der Waals surface area (Å²) in [6.45, 7) is 0. The number of nitro groups is 1. The molecule has 21 heavy (non-hydrogen) atoms. The van der Waals surface area contributed by atoms with Crippen molar-refractivity contribution in [3.05, 3.63) is 32.9 Å². The van der Waals surface area contributed by atoms with Crippen LogP contribution in [0.4, 0.5) is 11.6 Å². The molecule has 0 saturated carbocycles. The predicted octanol–water partition coefficient (Wildman–Crippen LogP) is 2.41. The molecule has 2 aromatic rings. The van der Waals surface area contributed by atoms with Gasteiger partial charge in [-0.05, 0) is 28.1 Å². The van der Waals surface area contributed by atoms with Gasteiger partial charge >= 0.3 is 5.69 Å². The van der Waals surface area contributed by atoms with E-state index < -0.39 is 4.92 Å². The molecule has 8 nitrogen and oxygen atoms in total. The molecule has 9 heteroatoms. The summed E-state index contributed by atoms with van der Waals surface area (Å²) in [5.41, 5.74) is 5.75. The molecule has 0 bridgehead atoms. The van der Waals surface area contributed by atoms with Crippen molar-refractivity contribution in [3.63, 3.8) is 0 Å². The molecule has 0 amide bonds. The van der Waals surface area contributed by atoms with Crippen molar-refractivity contribution in [2.75, 3.05) is 20.0 Å². The van der Waals surface area contributed by atoms with Crippen molar-refractivity contribution < 1.29 is 14.4 Å². The van der Waals surface area contributed by atoms with Crippen LogP contribution in [0.1, 0.15) is 0 Å². The zero-order valence-corrected chi connectivity index (χ0v) is 12.7. The number of hydrogen-bond acceptors (Lipinski definition) is 7. The highest BCUT2D eigenvalue weighted by molar-refractivity contribution is 9.10. The molecule has 0 aliphatic rings. The van der Waals surface area contributed by atoms with Crippen LogP contribution in [0.3, 0.4) is 0 Å². The molecule has 0 aliphatic carbocycles. The minimum Gasteiger partial charge on any atom is -0.495 e. The molecular formula is C12H11BrN4O4. The van der Waals surface area contributed by atoms with Crippen LogP contribution >= 0.6 is 15.9 Å². The van der Waals surface area contributed by atoms with E-state index in [1.165, 1.54) is 14.2 Å². The van der Waals surface area contributed by atoms with Crippen LogP contribution in [-0.4, -0.2) is 29.1 Å². The number of halogens is 1. The van der Waals surface area contributed by atoms with Gasteiger partial charge in [-0.3, -0.25) is 10.1 Å². The molecule has 2 N–H and O–H groups in total. The van der Waals surface area contributed by atoms with E-state index in [0.29, 0.717) is 21.5 Å². The normalized spacial score (nSPS) is 10.2. The number of nitrogens with zero attached hydrogens (tertiary/aromatic N) is 3. The Hall–Kier alpha value is -2.42. The van der Waals surface area contributed by atoms with Crippen molar-refractivity contribution in [1.82, 2.24) is 9.97 Å². The van der Waals surface area contributed by atoms with Crippen molar-refractivity contribution in [2.45, 2.75) is 0 Å². The molecule has 110 valence electrons. The van der Waals surface area contributed by atoms with Gasteiger partial charge in [0.25, 0.3) is 0 Å². The maximum atomic E-state index is 11.1. The molecule has 0 saturated heterocycles. The van der Waals surface area contributed by atoms with Gasteiger partial charge in [0.05, 0.1) is 24.7 Å². The maximum Gasteiger partial charge on any atom is 0.313 e. The van der Waals surface area contributed by atoms with E-state index in [1.807, 2.05) is 0 Å². The molecule has 0 radical (unpaired) electrons. The Labute approximate surface area is 128 Å². The van der Waals surface area contributed by atoms with Crippen LogP contribution in [0.2, 0.25) is 0 Å². The summed E-state index contributed by atoms with van der Waals surface area (Å²) in [7, 11) is 2.95. The molecule has 1 aromatic carbocycles. The average molecular weight is 355 g/mol. The number of aromatic nitrogens is 2. The molecule has 1 heterocycles. The third kappa shape index (κ3) is 2.72. The highest BCUT2D eigenvalue weighted by Gasteiger charge is 2.24. The van der Waals surface area contributed by atoms with Crippen LogP contribution in [0, 0.1) is 10.1 Å². The van der Waals surface area contributed by atoms with Gasteiger partial charge in [0.2, 0.25) is 5.95 Å². The Kier molecular flexibility index (Phi) is 4.22. The van der Waals surface area contributed by atoms with Gasteiger partial charge in [0.1, 0.15) is 22.2 Å². The van der Waals surface area contributed by atoms with E-state index in [9.17, 15) is 10.1 Å². The first kappa shape index (κ1) is 15.0. The second-order valence-corrected chi connectivity index (χ2v) is 4.67. The molecule has 1 aromatic heterocycles. The number of rotatable bonds is 4. The SMILES string of the molecule is COc1ccc(-c2nc(N)ncc2[N+](=O)[O-])c(OC)c1Br. The van der Waals surface area contributed by atoms with E-state index in [0.717, 1.165) is 6.20 Å². The number of ether oxygens (including phenoxy) is 2. The van der Waals surface area contributed by atoms with Crippen LogP contribution in [-0.2, 0) is 0 Å². The molecular weight excluding hydrogens is 344 g/mol. The second-order valence-electron chi connectivity index (χ2n) is 3.88. The largest absolute Gasteiger partial charge is 0.495 e. The van der Waals surface area contributed by atoms with Gasteiger partial charge in [-0.15, -0.1) is 0 Å². The lowest BCUT2D eigenvalue weighted by Crippen LogP contribution is -2.02. The van der Waals surface area contributed by atoms with Crippen molar-refractivity contribution in [2.24, 2.45) is 0 Å². The third-order valence-electron chi connectivity index (χ3n) is 2.73. The Balaban J connectivity index is 2.75. The summed E-state index contributed by atoms with van der Waals surface area (Å²) in [5.74, 6) is 0.820. The minimum absolute atomic E-state index is 0.0652. The first-order valence-electron chi connectivity index (χ1n) is 5.67. The minimum atomic E-state index is -0.577. The Morgan fingerprint density at radius 1 is 1.33 bits per heavy atom. The van der Waals surface area contributed by atoms with Gasteiger partial charge < -0.3 is 15.2 Å². The number of hydrogen-bond donors (Lipinski definition) is 1. The van der Waals surface area contributed by atoms with Crippen LogP contribution < -0.4 is 15.2 Å². The number of anilines is 1. The Bertz CT molecular complexity index is 708. The monoisotopic (exact) mass is 354 g/mol. The van der Waals surface area contributed by atoms with Crippen molar-refractivity contribution in [1.29, 1.82) is 0 Å². The lowest BCUT2D eigenvalue weighted by Gasteiger charge is -2.13. The molecule has 0 aliphatic heterocycles. The summed E-state index contributed by atoms with van der Waals surface area (Å²) in [6.07, 6.45) is 1.06. The summed E-state index contributed by atoms with van der Waals surface area (Å²) in [4.78, 5) is 18.1. The van der Waals surface area contributed by atoms with Crippen LogP contribution in [0.15, 0.2) is 22.8 Å². The van der Waals surface area contributed by atoms with E-state index in [1.54, 1.807) is 12.1 Å². The quantitative estimate of drug-likeness (QED) is 0.662. The van der Waals surface area contributed by atoms with Gasteiger partial charge in [-0.1, -0.05) is 0 Å². The first-order chi connectivity index (χ1) is 9.99. The molecule has 0 unspecified atom stereocenters. The van der Waals surface area contributed by atoms with Gasteiger partial charge in [0, 0.05) is 0 Å². The summed E-state index contributed by atoms with van der Waals surface area (Å²) in [6, 6.07) is 3.25. The van der Waals surface area contributed by atoms with Crippen molar-refractivity contribution in [3.8, 4) is 22.8 Å². The van der Waals surface area contributed by atoms with E-state index >= 15 is 0 Å². The van der Waals surface area contributed by atoms with Crippen molar-refractivity contribution >= 4 is 27.6 Å². The zero-order chi connectivity index (χ0) is 15.6. The van der Waals surface area contributed by atoms with Crippen LogP contribution in [0.25, 0.3) is 11.3 Å². The maximum absolute atomic E-state index is 11.1. The average Bonchev–Trinajstić information content (AvgIpc) is 2.46. The highest BCUT2D eigenvalue weighted by atomic mass is 79.9. The van der Waals surface area contributed by atoms with E-state index in [4.69, 9.17) is 15.2 Å². The number of nitrogen functional groups attached to an aromatic ring is 1. The van der Waals surface area contributed by atoms with Gasteiger partial charge in [-0.2, -0.15) is 0 Å². The smallest absolute Gasteiger partial charge is 0.313 e. The standard InChI is InChI=1S/C12H11BrN4O4/c1-20-8-4-3-6(11(21-2)9(8)13)10-7(17(18)19)5-15-12(14)16-10/h3-5H,1-2H3,(H2,14,15,16).